The highest BCUT2D eigenvalue weighted by Gasteiger charge is 2.18. The number of nitrogens with two attached hydrogens (primary N) is 1. The Kier molecular flexibility index (Phi) is 4.12. The smallest absolute Gasteiger partial charge is 0.0379 e. The van der Waals surface area contributed by atoms with Crippen LogP contribution < -0.4 is 11.1 Å². The average Bonchev–Trinajstić information content (AvgIpc) is 2.54. The molecule has 2 aromatic rings. The number of nitrogen functional groups attached to an aromatic ring is 1. The Morgan fingerprint density at radius 1 is 1.00 bits per heavy atom. The zero-order valence-electron chi connectivity index (χ0n) is 15.1. The lowest BCUT2D eigenvalue weighted by Crippen LogP contribution is -2.17. The third kappa shape index (κ3) is 3.09. The van der Waals surface area contributed by atoms with Crippen molar-refractivity contribution in [2.75, 3.05) is 5.73 Å². The van der Waals surface area contributed by atoms with Crippen LogP contribution in [-0.4, -0.2) is 0 Å². The first-order valence-corrected chi connectivity index (χ1v) is 9.70. The van der Waals surface area contributed by atoms with E-state index in [1.165, 1.54) is 57.0 Å². The molecule has 0 saturated heterocycles. The van der Waals surface area contributed by atoms with Crippen LogP contribution in [0.5, 0.6) is 0 Å². The molecule has 3 heteroatoms. The first kappa shape index (κ1) is 16.3. The Balaban J connectivity index is 1.53. The number of hydrogen-bond acceptors (Lipinski definition) is 3. The zero-order valence-corrected chi connectivity index (χ0v) is 15.9. The molecule has 2 aliphatic rings. The van der Waals surface area contributed by atoms with Gasteiger partial charge in [0, 0.05) is 28.4 Å². The molecule has 1 aliphatic heterocycles. The van der Waals surface area contributed by atoms with E-state index >= 15 is 0 Å². The Morgan fingerprint density at radius 2 is 1.80 bits per heavy atom. The summed E-state index contributed by atoms with van der Waals surface area (Å²) in [6.07, 6.45) is 3.38. The van der Waals surface area contributed by atoms with Crippen LogP contribution in [0, 0.1) is 13.8 Å². The maximum Gasteiger partial charge on any atom is 0.0379 e. The second-order valence-electron chi connectivity index (χ2n) is 7.14. The van der Waals surface area contributed by atoms with E-state index < -0.39 is 0 Å². The van der Waals surface area contributed by atoms with E-state index in [1.807, 2.05) is 11.8 Å². The Morgan fingerprint density at radius 3 is 2.48 bits per heavy atom. The van der Waals surface area contributed by atoms with Gasteiger partial charge in [-0.25, -0.2) is 0 Å². The monoisotopic (exact) mass is 348 g/mol. The van der Waals surface area contributed by atoms with Gasteiger partial charge in [-0.1, -0.05) is 36.0 Å². The third-order valence-corrected chi connectivity index (χ3v) is 6.43. The highest BCUT2D eigenvalue weighted by Crippen LogP contribution is 2.37. The summed E-state index contributed by atoms with van der Waals surface area (Å²) in [5.41, 5.74) is 17.5. The van der Waals surface area contributed by atoms with Crippen LogP contribution in [0.25, 0.3) is 4.91 Å². The van der Waals surface area contributed by atoms with Crippen molar-refractivity contribution in [2.45, 2.75) is 40.0 Å². The highest BCUT2D eigenvalue weighted by molar-refractivity contribution is 8.11. The van der Waals surface area contributed by atoms with Gasteiger partial charge in [-0.2, -0.15) is 0 Å². The molecule has 2 nitrogen and oxygen atoms in total. The molecule has 0 aromatic heterocycles. The molecular weight excluding hydrogens is 324 g/mol. The minimum absolute atomic E-state index is 0.875. The number of fused-ring (bicyclic) bond motifs is 1. The van der Waals surface area contributed by atoms with Gasteiger partial charge in [-0.15, -0.1) is 0 Å². The van der Waals surface area contributed by atoms with E-state index in [2.05, 4.69) is 61.8 Å². The molecular formula is C22H24N2S. The number of allylic oxidation sites excluding steroid dienone is 2. The van der Waals surface area contributed by atoms with Crippen LogP contribution in [0.3, 0.4) is 0 Å². The number of benzene rings is 2. The van der Waals surface area contributed by atoms with Crippen molar-refractivity contribution in [1.82, 2.24) is 5.32 Å². The number of hydrogen-bond donors (Lipinski definition) is 2. The zero-order chi connectivity index (χ0) is 17.6. The summed E-state index contributed by atoms with van der Waals surface area (Å²) in [5, 5.41) is 5.87. The van der Waals surface area contributed by atoms with Gasteiger partial charge in [-0.05, 0) is 78.5 Å². The Bertz CT molecular complexity index is 922. The maximum atomic E-state index is 6.01. The molecule has 4 rings (SSSR count). The van der Waals surface area contributed by atoms with Gasteiger partial charge in [0.05, 0.1) is 0 Å². The number of anilines is 1. The largest absolute Gasteiger partial charge is 0.399 e. The number of aryl methyl sites for hydroxylation is 4. The van der Waals surface area contributed by atoms with Crippen LogP contribution in [0.4, 0.5) is 5.69 Å². The summed E-state index contributed by atoms with van der Waals surface area (Å²) in [4.78, 5) is 1.34. The van der Waals surface area contributed by atoms with Gasteiger partial charge in [-0.3, -0.25) is 0 Å². The molecule has 0 bridgehead atoms. The molecule has 0 spiro atoms. The molecule has 3 N–H and O–H groups in total. The predicted molar refractivity (Wildman–Crippen MR) is 109 cm³/mol. The topological polar surface area (TPSA) is 38.0 Å². The first-order valence-electron chi connectivity index (χ1n) is 8.82. The molecule has 0 unspecified atom stereocenters. The lowest BCUT2D eigenvalue weighted by Gasteiger charge is -2.24. The van der Waals surface area contributed by atoms with Crippen molar-refractivity contribution in [3.8, 4) is 0 Å². The second kappa shape index (κ2) is 6.30. The summed E-state index contributed by atoms with van der Waals surface area (Å²) in [5.74, 6) is 0. The van der Waals surface area contributed by atoms with Crippen molar-refractivity contribution in [2.24, 2.45) is 0 Å². The summed E-state index contributed by atoms with van der Waals surface area (Å²) >= 11 is 1.83. The summed E-state index contributed by atoms with van der Waals surface area (Å²) < 4.78 is 0. The minimum Gasteiger partial charge on any atom is -0.399 e. The molecule has 0 amide bonds. The predicted octanol–water partition coefficient (Wildman–Crippen LogP) is 5.09. The SMILES string of the molecule is CC1=C(c2ccc3c(c2)CC3)SC=C(Cc2cc(C)c(N)cc2C)N1. The minimum atomic E-state index is 0.875. The molecule has 128 valence electrons. The number of nitrogens with one attached hydrogen (secondary N) is 1. The summed E-state index contributed by atoms with van der Waals surface area (Å²) in [6.45, 7) is 6.39. The summed E-state index contributed by atoms with van der Waals surface area (Å²) in [6, 6.07) is 11.2. The molecule has 1 heterocycles. The Labute approximate surface area is 154 Å². The van der Waals surface area contributed by atoms with Gasteiger partial charge < -0.3 is 11.1 Å². The van der Waals surface area contributed by atoms with Gasteiger partial charge in [0.1, 0.15) is 0 Å². The first-order chi connectivity index (χ1) is 12.0. The van der Waals surface area contributed by atoms with E-state index in [9.17, 15) is 0 Å². The average molecular weight is 349 g/mol. The molecule has 1 aliphatic carbocycles. The van der Waals surface area contributed by atoms with Gasteiger partial charge in [0.2, 0.25) is 0 Å². The fourth-order valence-electron chi connectivity index (χ4n) is 3.55. The molecule has 2 aromatic carbocycles. The lowest BCUT2D eigenvalue weighted by atomic mass is 9.87. The van der Waals surface area contributed by atoms with Crippen molar-refractivity contribution in [3.63, 3.8) is 0 Å². The van der Waals surface area contributed by atoms with Crippen LogP contribution in [-0.2, 0) is 19.3 Å². The lowest BCUT2D eigenvalue weighted by molar-refractivity contribution is 0.838. The third-order valence-electron chi connectivity index (χ3n) is 5.25. The van der Waals surface area contributed by atoms with E-state index in [0.717, 1.165) is 17.7 Å². The second-order valence-corrected chi connectivity index (χ2v) is 8.02. The van der Waals surface area contributed by atoms with Gasteiger partial charge in [0.15, 0.2) is 0 Å². The van der Waals surface area contributed by atoms with E-state index in [4.69, 9.17) is 5.73 Å². The highest BCUT2D eigenvalue weighted by atomic mass is 32.2. The molecule has 0 radical (unpaired) electrons. The summed E-state index contributed by atoms with van der Waals surface area (Å²) in [7, 11) is 0. The van der Waals surface area contributed by atoms with Crippen molar-refractivity contribution < 1.29 is 0 Å². The number of rotatable bonds is 3. The van der Waals surface area contributed by atoms with E-state index in [-0.39, 0.29) is 0 Å². The van der Waals surface area contributed by atoms with Gasteiger partial charge >= 0.3 is 0 Å². The van der Waals surface area contributed by atoms with Crippen molar-refractivity contribution in [3.05, 3.63) is 80.5 Å². The molecule has 0 saturated carbocycles. The van der Waals surface area contributed by atoms with Crippen LogP contribution in [0.15, 0.2) is 47.1 Å². The quantitative estimate of drug-likeness (QED) is 0.759. The molecule has 0 atom stereocenters. The number of thioether (sulfide) groups is 1. The van der Waals surface area contributed by atoms with Crippen molar-refractivity contribution >= 4 is 22.4 Å². The normalized spacial score (nSPS) is 16.0. The van der Waals surface area contributed by atoms with Gasteiger partial charge in [0.25, 0.3) is 0 Å². The van der Waals surface area contributed by atoms with Crippen LogP contribution in [0.1, 0.15) is 40.3 Å². The Hall–Kier alpha value is -2.13. The van der Waals surface area contributed by atoms with Crippen LogP contribution >= 0.6 is 11.8 Å². The standard InChI is InChI=1S/C22H24N2S/c1-13-9-21(23)14(2)8-19(13)11-20-12-25-22(15(3)24-20)18-7-5-16-4-6-17(16)10-18/h5,7-10,12,24H,4,6,11,23H2,1-3H3. The maximum absolute atomic E-state index is 6.01. The van der Waals surface area contributed by atoms with Crippen molar-refractivity contribution in [1.29, 1.82) is 0 Å². The van der Waals surface area contributed by atoms with E-state index in [0.29, 0.717) is 0 Å². The molecule has 25 heavy (non-hydrogen) atoms. The van der Waals surface area contributed by atoms with Crippen LogP contribution in [0.2, 0.25) is 0 Å². The molecule has 0 fully saturated rings. The van der Waals surface area contributed by atoms with E-state index in [1.54, 1.807) is 0 Å². The fourth-order valence-corrected chi connectivity index (χ4v) is 4.44. The fraction of sp³-hybridized carbons (Fsp3) is 0.273.